The van der Waals surface area contributed by atoms with Crippen molar-refractivity contribution >= 4 is 30.2 Å². The summed E-state index contributed by atoms with van der Waals surface area (Å²) in [5.41, 5.74) is 5.00. The van der Waals surface area contributed by atoms with Gasteiger partial charge in [0.1, 0.15) is 6.61 Å². The minimum Gasteiger partial charge on any atom is -0.481 e. The molecular weight excluding hydrogens is 559 g/mol. The van der Waals surface area contributed by atoms with Crippen LogP contribution in [-0.2, 0) is 16.0 Å². The van der Waals surface area contributed by atoms with E-state index < -0.39 is 30.9 Å². The van der Waals surface area contributed by atoms with Crippen LogP contribution in [0.5, 0.6) is 0 Å². The molecule has 6 nitrogen and oxygen atoms in total. The minimum atomic E-state index is -5.34. The average Bonchev–Trinajstić information content (AvgIpc) is 3.23. The van der Waals surface area contributed by atoms with Gasteiger partial charge >= 0.3 is 70.4 Å². The number of carboxylic acid groups (broad SMARTS) is 1. The Morgan fingerprint density at radius 3 is 1.93 bits per heavy atom. The molecule has 1 saturated heterocycles. The molecule has 0 spiro atoms. The molecule has 41 heavy (non-hydrogen) atoms. The Bertz CT molecular complexity index is 1440. The summed E-state index contributed by atoms with van der Waals surface area (Å²) in [5, 5.41) is 9.37. The first-order valence-electron chi connectivity index (χ1n) is 13.4. The minimum absolute atomic E-state index is 0. The smallest absolute Gasteiger partial charge is 0.481 e. The molecule has 2 aliphatic rings. The maximum atomic E-state index is 14.1. The number of anilines is 1. The fourth-order valence-corrected chi connectivity index (χ4v) is 6.46. The van der Waals surface area contributed by atoms with Crippen LogP contribution in [0.25, 0.3) is 11.1 Å². The predicted octanol–water partition coefficient (Wildman–Crippen LogP) is 2.37. The van der Waals surface area contributed by atoms with E-state index in [1.165, 1.54) is 13.8 Å². The molecule has 11 heteroatoms. The van der Waals surface area contributed by atoms with Gasteiger partial charge in [0, 0.05) is 37.8 Å². The van der Waals surface area contributed by atoms with E-state index in [9.17, 15) is 27.6 Å². The number of amides is 1. The number of rotatable bonds is 6. The average molecular weight is 590 g/mol. The summed E-state index contributed by atoms with van der Waals surface area (Å²) in [7, 11) is 0. The van der Waals surface area contributed by atoms with Crippen molar-refractivity contribution in [2.24, 2.45) is 0 Å². The summed E-state index contributed by atoms with van der Waals surface area (Å²) in [5.74, 6) is -1.24. The van der Waals surface area contributed by atoms with Crippen LogP contribution in [0.15, 0.2) is 48.5 Å². The number of ether oxygens (including phenoxy) is 1. The van der Waals surface area contributed by atoms with Crippen LogP contribution in [0.3, 0.4) is 0 Å². The Morgan fingerprint density at radius 1 is 0.878 bits per heavy atom. The van der Waals surface area contributed by atoms with E-state index in [1.54, 1.807) is 11.8 Å². The van der Waals surface area contributed by atoms with Crippen LogP contribution >= 0.6 is 0 Å². The third kappa shape index (κ3) is 6.10. The zero-order chi connectivity index (χ0) is 28.8. The molecule has 1 N–H and O–H groups in total. The number of nitrogens with zero attached hydrogens (tertiary/aromatic N) is 2. The number of hydrogen-bond acceptors (Lipinski definition) is 4. The summed E-state index contributed by atoms with van der Waals surface area (Å²) >= 11 is 0. The number of hydrogen-bond donors (Lipinski definition) is 1. The normalized spacial score (nSPS) is 14.8. The van der Waals surface area contributed by atoms with Crippen LogP contribution in [-0.4, -0.2) is 61.8 Å². The second kappa shape index (κ2) is 12.5. The first-order chi connectivity index (χ1) is 19.0. The van der Waals surface area contributed by atoms with Crippen LogP contribution < -0.4 is 61.7 Å². The monoisotopic (exact) mass is 590 g/mol. The maximum Gasteiger partial charge on any atom is 1.00 e. The number of carboxylic acids is 1. The van der Waals surface area contributed by atoms with Gasteiger partial charge in [-0.15, -0.1) is 5.46 Å². The maximum absolute atomic E-state index is 14.1. The SMILES string of the molecule is Cc1c(CC(=O)O)c(C)c([B-](F)(F)F)c(C)c1N1CCN(C(=O)OCC2c3ccccc3-c3ccccc32)CC1.[K+]. The Balaban J connectivity index is 0.00000387. The fourth-order valence-electron chi connectivity index (χ4n) is 6.46. The first kappa shape index (κ1) is 31.6. The summed E-state index contributed by atoms with van der Waals surface area (Å²) in [6, 6.07) is 16.2. The molecule has 210 valence electrons. The van der Waals surface area contributed by atoms with Crippen molar-refractivity contribution in [3.05, 3.63) is 81.9 Å². The molecule has 3 aromatic rings. The van der Waals surface area contributed by atoms with Crippen molar-refractivity contribution in [2.75, 3.05) is 37.7 Å². The molecule has 1 amide bonds. The van der Waals surface area contributed by atoms with E-state index in [0.29, 0.717) is 24.3 Å². The van der Waals surface area contributed by atoms with Gasteiger partial charge in [-0.3, -0.25) is 4.79 Å². The quantitative estimate of drug-likeness (QED) is 0.447. The molecule has 1 fully saturated rings. The molecule has 5 rings (SSSR count). The summed E-state index contributed by atoms with van der Waals surface area (Å²) < 4.78 is 48.1. The van der Waals surface area contributed by atoms with E-state index in [4.69, 9.17) is 4.74 Å². The van der Waals surface area contributed by atoms with Gasteiger partial charge in [0.2, 0.25) is 0 Å². The summed E-state index contributed by atoms with van der Waals surface area (Å²) in [4.78, 5) is 27.9. The number of halogens is 3. The van der Waals surface area contributed by atoms with Crippen LogP contribution in [0.2, 0.25) is 0 Å². The molecular formula is C30H31BF3KN2O4. The topological polar surface area (TPSA) is 70.1 Å². The Morgan fingerprint density at radius 2 is 1.41 bits per heavy atom. The molecule has 0 aromatic heterocycles. The zero-order valence-electron chi connectivity index (χ0n) is 23.7. The van der Waals surface area contributed by atoms with Gasteiger partial charge in [0.25, 0.3) is 0 Å². The zero-order valence-corrected chi connectivity index (χ0v) is 26.8. The van der Waals surface area contributed by atoms with E-state index in [0.717, 1.165) is 22.3 Å². The van der Waals surface area contributed by atoms with Gasteiger partial charge in [-0.1, -0.05) is 59.7 Å². The number of carbonyl (C=O) groups is 2. The molecule has 1 aliphatic heterocycles. The van der Waals surface area contributed by atoms with Crippen molar-refractivity contribution in [2.45, 2.75) is 33.1 Å². The standard InChI is InChI=1S/C30H31BF3N2O4.K/c1-18-25(16-27(37)38)19(2)29(20(3)28(18)31(32,33)34)35-12-14-36(15-13-35)30(39)40-17-26-23-10-6-4-8-21(23)22-9-5-7-11-24(22)26;/h4-11,26H,12-17H2,1-3H3,(H,37,38);/q-1;+1. The predicted molar refractivity (Wildman–Crippen MR) is 150 cm³/mol. The van der Waals surface area contributed by atoms with Gasteiger partial charge in [-0.05, 0) is 54.2 Å². The van der Waals surface area contributed by atoms with Gasteiger partial charge in [0.15, 0.2) is 0 Å². The van der Waals surface area contributed by atoms with Crippen molar-refractivity contribution in [1.82, 2.24) is 4.90 Å². The molecule has 1 heterocycles. The third-order valence-corrected chi connectivity index (χ3v) is 8.27. The Hall–Kier alpha value is -2.31. The molecule has 3 aromatic carbocycles. The molecule has 0 saturated carbocycles. The summed E-state index contributed by atoms with van der Waals surface area (Å²) in [6.45, 7) is 0.510. The molecule has 1 aliphatic carbocycles. The molecule has 0 radical (unpaired) electrons. The number of carbonyl (C=O) groups excluding carboxylic acids is 1. The molecule has 0 unspecified atom stereocenters. The molecule has 0 atom stereocenters. The Labute approximate surface area is 280 Å². The number of fused-ring (bicyclic) bond motifs is 3. The van der Waals surface area contributed by atoms with E-state index in [2.05, 4.69) is 12.1 Å². The third-order valence-electron chi connectivity index (χ3n) is 8.27. The number of piperazine rings is 1. The van der Waals surface area contributed by atoms with Crippen LogP contribution in [0.1, 0.15) is 39.3 Å². The van der Waals surface area contributed by atoms with E-state index in [-0.39, 0.29) is 93.7 Å². The van der Waals surface area contributed by atoms with Crippen LogP contribution in [0.4, 0.5) is 23.4 Å². The van der Waals surface area contributed by atoms with Gasteiger partial charge in [-0.25, -0.2) is 4.79 Å². The Kier molecular flexibility index (Phi) is 9.65. The van der Waals surface area contributed by atoms with Gasteiger partial charge < -0.3 is 32.6 Å². The van der Waals surface area contributed by atoms with Crippen molar-refractivity contribution in [1.29, 1.82) is 0 Å². The van der Waals surface area contributed by atoms with Gasteiger partial charge in [0.05, 0.1) is 6.42 Å². The largest absolute Gasteiger partial charge is 1.00 e. The first-order valence-corrected chi connectivity index (χ1v) is 13.4. The summed E-state index contributed by atoms with van der Waals surface area (Å²) in [6.07, 6.45) is -0.936. The van der Waals surface area contributed by atoms with Crippen molar-refractivity contribution in [3.8, 4) is 11.1 Å². The fraction of sp³-hybridized carbons (Fsp3) is 0.333. The van der Waals surface area contributed by atoms with Crippen molar-refractivity contribution in [3.63, 3.8) is 0 Å². The van der Waals surface area contributed by atoms with Gasteiger partial charge in [-0.2, -0.15) is 0 Å². The van der Waals surface area contributed by atoms with E-state index >= 15 is 0 Å². The van der Waals surface area contributed by atoms with E-state index in [1.807, 2.05) is 41.3 Å². The second-order valence-corrected chi connectivity index (χ2v) is 10.5. The van der Waals surface area contributed by atoms with Crippen LogP contribution in [0, 0.1) is 20.8 Å². The number of benzene rings is 3. The number of aliphatic carboxylic acids is 1. The van der Waals surface area contributed by atoms with Crippen molar-refractivity contribution < 1.29 is 83.8 Å². The second-order valence-electron chi connectivity index (χ2n) is 10.5. The molecule has 0 bridgehead atoms.